The molecule has 1 aliphatic rings. The fraction of sp³-hybridized carbons (Fsp3) is 0.111. The third kappa shape index (κ3) is 5.04. The monoisotopic (exact) mass is 527 g/mol. The molecule has 3 aromatic heterocycles. The third-order valence-corrected chi connectivity index (χ3v) is 5.94. The Morgan fingerprint density at radius 1 is 1.21 bits per heavy atom. The van der Waals surface area contributed by atoms with E-state index in [2.05, 4.69) is 20.4 Å². The van der Waals surface area contributed by atoms with E-state index in [1.807, 2.05) is 42.2 Å². The number of halogens is 1. The summed E-state index contributed by atoms with van der Waals surface area (Å²) < 4.78 is 21.1. The van der Waals surface area contributed by atoms with Crippen molar-refractivity contribution in [2.45, 2.75) is 6.54 Å². The molecule has 1 aliphatic heterocycles. The van der Waals surface area contributed by atoms with Crippen LogP contribution in [0.2, 0.25) is 0 Å². The summed E-state index contributed by atoms with van der Waals surface area (Å²) in [5.41, 5.74) is 1.67. The van der Waals surface area contributed by atoms with Crippen LogP contribution in [0.15, 0.2) is 90.4 Å². The van der Waals surface area contributed by atoms with Crippen molar-refractivity contribution in [1.29, 1.82) is 0 Å². The molecular weight excluding hydrogens is 505 g/mol. The molecule has 0 saturated heterocycles. The molecule has 39 heavy (non-hydrogen) atoms. The lowest BCUT2D eigenvalue weighted by atomic mass is 10.2. The molecule has 11 nitrogen and oxygen atoms in total. The summed E-state index contributed by atoms with van der Waals surface area (Å²) in [6, 6.07) is 14.2. The lowest BCUT2D eigenvalue weighted by Crippen LogP contribution is -2.25. The van der Waals surface area contributed by atoms with E-state index in [9.17, 15) is 19.1 Å². The Morgan fingerprint density at radius 3 is 2.67 bits per heavy atom. The second-order valence-electron chi connectivity index (χ2n) is 8.51. The smallest absolute Gasteiger partial charge is 0.356 e. The molecule has 0 aliphatic carbocycles. The first-order valence-electron chi connectivity index (χ1n) is 11.7. The number of carboxylic acid groups (broad SMARTS) is 1. The van der Waals surface area contributed by atoms with Crippen molar-refractivity contribution in [1.82, 2.24) is 19.6 Å². The summed E-state index contributed by atoms with van der Waals surface area (Å²) in [5, 5.41) is 17.0. The number of aromatic nitrogens is 4. The van der Waals surface area contributed by atoms with Gasteiger partial charge in [-0.05, 0) is 29.8 Å². The largest absolute Gasteiger partial charge is 0.497 e. The van der Waals surface area contributed by atoms with Gasteiger partial charge in [-0.25, -0.2) is 28.5 Å². The molecule has 0 bridgehead atoms. The van der Waals surface area contributed by atoms with E-state index in [0.717, 1.165) is 23.6 Å². The van der Waals surface area contributed by atoms with Gasteiger partial charge in [0.2, 0.25) is 0 Å². The minimum absolute atomic E-state index is 0.0331. The van der Waals surface area contributed by atoms with Crippen molar-refractivity contribution in [3.8, 4) is 5.75 Å². The number of imidazole rings is 1. The summed E-state index contributed by atoms with van der Waals surface area (Å²) in [4.78, 5) is 35.5. The van der Waals surface area contributed by atoms with Gasteiger partial charge in [-0.3, -0.25) is 4.90 Å². The number of ether oxygens (including phenoxy) is 1. The molecule has 0 spiro atoms. The van der Waals surface area contributed by atoms with Gasteiger partial charge >= 0.3 is 5.97 Å². The second-order valence-corrected chi connectivity index (χ2v) is 8.51. The van der Waals surface area contributed by atoms with E-state index in [1.54, 1.807) is 31.4 Å². The number of hydrogen-bond acceptors (Lipinski definition) is 9. The quantitative estimate of drug-likeness (QED) is 0.327. The first-order chi connectivity index (χ1) is 18.9. The Kier molecular flexibility index (Phi) is 6.77. The summed E-state index contributed by atoms with van der Waals surface area (Å²) in [6.45, 7) is 0.450. The number of allylic oxidation sites excluding steroid dienone is 2. The van der Waals surface area contributed by atoms with Gasteiger partial charge in [0, 0.05) is 38.1 Å². The Bertz CT molecular complexity index is 1660. The van der Waals surface area contributed by atoms with Gasteiger partial charge in [-0.15, -0.1) is 5.10 Å². The normalized spacial score (nSPS) is 13.0. The van der Waals surface area contributed by atoms with Crippen molar-refractivity contribution >= 4 is 34.9 Å². The number of methoxy groups -OCH3 is 1. The van der Waals surface area contributed by atoms with Crippen molar-refractivity contribution < 1.29 is 23.8 Å². The molecule has 0 saturated carbocycles. The van der Waals surface area contributed by atoms with Crippen molar-refractivity contribution in [3.05, 3.63) is 102 Å². The number of nitrogens with zero attached hydrogens (tertiary/aromatic N) is 6. The highest BCUT2D eigenvalue weighted by Gasteiger charge is 2.24. The topological polar surface area (TPSA) is 125 Å². The van der Waals surface area contributed by atoms with Gasteiger partial charge in [0.25, 0.3) is 0 Å². The summed E-state index contributed by atoms with van der Waals surface area (Å²) >= 11 is 0. The molecule has 196 valence electrons. The maximum absolute atomic E-state index is 14.7. The highest BCUT2D eigenvalue weighted by Crippen LogP contribution is 2.30. The highest BCUT2D eigenvalue weighted by molar-refractivity contribution is 5.88. The van der Waals surface area contributed by atoms with Crippen molar-refractivity contribution in [2.24, 2.45) is 0 Å². The van der Waals surface area contributed by atoms with Crippen LogP contribution in [0.4, 0.5) is 21.7 Å². The second kappa shape index (κ2) is 10.5. The minimum Gasteiger partial charge on any atom is -0.497 e. The van der Waals surface area contributed by atoms with Gasteiger partial charge in [0.15, 0.2) is 28.8 Å². The molecule has 4 heterocycles. The Morgan fingerprint density at radius 2 is 2.00 bits per heavy atom. The van der Waals surface area contributed by atoms with E-state index < -0.39 is 11.8 Å². The van der Waals surface area contributed by atoms with Crippen molar-refractivity contribution in [3.63, 3.8) is 0 Å². The number of carbonyl (C=O) groups excluding carboxylic acids is 1. The number of fused-ring (bicyclic) bond motifs is 1. The maximum Gasteiger partial charge on any atom is 0.356 e. The van der Waals surface area contributed by atoms with E-state index in [0.29, 0.717) is 23.7 Å². The van der Waals surface area contributed by atoms with Gasteiger partial charge in [0.05, 0.1) is 24.7 Å². The molecule has 1 aromatic carbocycles. The van der Waals surface area contributed by atoms with Crippen LogP contribution in [-0.4, -0.2) is 50.8 Å². The number of aromatic carboxylic acids is 1. The average Bonchev–Trinajstić information content (AvgIpc) is 3.37. The summed E-state index contributed by atoms with van der Waals surface area (Å²) in [7, 11) is 3.41. The molecule has 0 atom stereocenters. The molecule has 0 unspecified atom stereocenters. The zero-order valence-corrected chi connectivity index (χ0v) is 20.9. The van der Waals surface area contributed by atoms with E-state index in [4.69, 9.17) is 4.74 Å². The average molecular weight is 528 g/mol. The van der Waals surface area contributed by atoms with Crippen LogP contribution >= 0.6 is 0 Å². The highest BCUT2D eigenvalue weighted by atomic mass is 19.1. The maximum atomic E-state index is 14.7. The number of pyridine rings is 1. The zero-order valence-electron chi connectivity index (χ0n) is 20.9. The molecule has 0 fully saturated rings. The molecule has 12 heteroatoms. The number of carboxylic acids is 1. The van der Waals surface area contributed by atoms with Gasteiger partial charge in [-0.1, -0.05) is 18.2 Å². The van der Waals surface area contributed by atoms with Gasteiger partial charge in [-0.2, -0.15) is 0 Å². The van der Waals surface area contributed by atoms with Crippen LogP contribution in [0.25, 0.3) is 5.65 Å². The van der Waals surface area contributed by atoms with Gasteiger partial charge in [0.1, 0.15) is 17.4 Å². The van der Waals surface area contributed by atoms with Gasteiger partial charge < -0.3 is 20.1 Å². The predicted molar refractivity (Wildman–Crippen MR) is 142 cm³/mol. The minimum atomic E-state index is -1.23. The first-order valence-corrected chi connectivity index (χ1v) is 11.7. The molecular formula is C27H22FN7O4. The predicted octanol–water partition coefficient (Wildman–Crippen LogP) is 3.81. The zero-order chi connectivity index (χ0) is 27.5. The SMILES string of the molecule is COc1ccc(CN(C)c2cc(NC3=CC(F)=CN(c4ccccn4)C3=C=O)nn3c(C(=O)O)cnc23)cc1. The van der Waals surface area contributed by atoms with Crippen LogP contribution in [0.1, 0.15) is 16.1 Å². The molecule has 4 aromatic rings. The van der Waals surface area contributed by atoms with Crippen molar-refractivity contribution in [2.75, 3.05) is 29.3 Å². The Balaban J connectivity index is 1.54. The summed E-state index contributed by atoms with van der Waals surface area (Å²) in [5.74, 6) is 1.14. The Hall–Kier alpha value is -5.48. The number of carbonyl (C=O) groups is 1. The number of anilines is 3. The van der Waals surface area contributed by atoms with E-state index in [-0.39, 0.29) is 22.9 Å². The summed E-state index contributed by atoms with van der Waals surface area (Å²) in [6.07, 6.45) is 4.97. The van der Waals surface area contributed by atoms with E-state index in [1.165, 1.54) is 21.8 Å². The van der Waals surface area contributed by atoms with E-state index >= 15 is 0 Å². The van der Waals surface area contributed by atoms with Crippen LogP contribution < -0.4 is 19.9 Å². The fourth-order valence-corrected chi connectivity index (χ4v) is 4.11. The number of rotatable bonds is 8. The molecule has 0 radical (unpaired) electrons. The molecule has 5 rings (SSSR count). The van der Waals surface area contributed by atoms with Crippen LogP contribution in [0.5, 0.6) is 5.75 Å². The van der Waals surface area contributed by atoms with Crippen LogP contribution in [-0.2, 0) is 11.3 Å². The fourth-order valence-electron chi connectivity index (χ4n) is 4.11. The molecule has 0 amide bonds. The number of nitrogens with one attached hydrogen (secondary N) is 1. The third-order valence-electron chi connectivity index (χ3n) is 5.94. The Labute approximate surface area is 221 Å². The van der Waals surface area contributed by atoms with Crippen LogP contribution in [0.3, 0.4) is 0 Å². The lowest BCUT2D eigenvalue weighted by Gasteiger charge is -2.26. The number of benzene rings is 1. The standard InChI is InChI=1S/C27H22FN7O4/c1-33(14-17-6-8-19(39-2)9-7-17)21-12-24(32-35-22(27(37)38)13-30-26(21)35)31-20-11-18(28)15-34(23(20)16-36)25-5-3-4-10-29-25/h3-13,15H,14H2,1-2H3,(H,31,32)(H,37,38). The lowest BCUT2D eigenvalue weighted by molar-refractivity contribution is 0.0688. The first kappa shape index (κ1) is 25.2. The molecule has 2 N–H and O–H groups in total. The number of hydrogen-bond donors (Lipinski definition) is 2. The van der Waals surface area contributed by atoms with Crippen LogP contribution in [0, 0.1) is 0 Å².